The number of carbonyl (C=O) groups excluding carboxylic acids is 1. The molecule has 0 spiro atoms. The van der Waals surface area contributed by atoms with Crippen molar-refractivity contribution in [1.82, 2.24) is 4.90 Å². The summed E-state index contributed by atoms with van der Waals surface area (Å²) in [6.45, 7) is 9.48. The van der Waals surface area contributed by atoms with Gasteiger partial charge >= 0.3 is 0 Å². The highest BCUT2D eigenvalue weighted by molar-refractivity contribution is 5.97. The molecule has 1 aliphatic carbocycles. The molecule has 0 radical (unpaired) electrons. The van der Waals surface area contributed by atoms with Gasteiger partial charge in [0.25, 0.3) is 0 Å². The summed E-state index contributed by atoms with van der Waals surface area (Å²) in [5.41, 5.74) is 7.32. The minimum absolute atomic E-state index is 0. The summed E-state index contributed by atoms with van der Waals surface area (Å²) >= 11 is 0. The minimum Gasteiger partial charge on any atom is -0.369 e. The lowest BCUT2D eigenvalue weighted by Crippen LogP contribution is -2.48. The van der Waals surface area contributed by atoms with E-state index >= 15 is 0 Å². The van der Waals surface area contributed by atoms with E-state index in [4.69, 9.17) is 5.73 Å². The van der Waals surface area contributed by atoms with Crippen molar-refractivity contribution < 1.29 is 4.79 Å². The Morgan fingerprint density at radius 3 is 2.58 bits per heavy atom. The van der Waals surface area contributed by atoms with Crippen molar-refractivity contribution in [1.29, 1.82) is 0 Å². The SMILES string of the molecule is CCCC(C)(N)C(=O)Nc1cccc(N2CCN(CC3CC3)CC2)c1.Cl. The van der Waals surface area contributed by atoms with Crippen LogP contribution in [0.25, 0.3) is 0 Å². The number of carbonyl (C=O) groups is 1. The number of nitrogens with one attached hydrogen (secondary N) is 1. The molecule has 6 heteroatoms. The van der Waals surface area contributed by atoms with E-state index in [1.54, 1.807) is 6.92 Å². The van der Waals surface area contributed by atoms with Gasteiger partial charge in [-0.3, -0.25) is 9.69 Å². The van der Waals surface area contributed by atoms with Crippen LogP contribution >= 0.6 is 12.4 Å². The Morgan fingerprint density at radius 2 is 1.96 bits per heavy atom. The summed E-state index contributed by atoms with van der Waals surface area (Å²) in [5, 5.41) is 2.99. The predicted octanol–water partition coefficient (Wildman–Crippen LogP) is 3.10. The van der Waals surface area contributed by atoms with Crippen molar-refractivity contribution in [3.63, 3.8) is 0 Å². The van der Waals surface area contributed by atoms with Gasteiger partial charge < -0.3 is 16.0 Å². The molecule has 5 nitrogen and oxygen atoms in total. The van der Waals surface area contributed by atoms with E-state index in [1.165, 1.54) is 25.1 Å². The van der Waals surface area contributed by atoms with Crippen LogP contribution in [0.5, 0.6) is 0 Å². The number of nitrogens with two attached hydrogens (primary N) is 1. The molecule has 0 bridgehead atoms. The van der Waals surface area contributed by atoms with Crippen molar-refractivity contribution in [2.45, 2.75) is 45.1 Å². The maximum absolute atomic E-state index is 12.4. The van der Waals surface area contributed by atoms with Crippen molar-refractivity contribution in [2.75, 3.05) is 42.9 Å². The van der Waals surface area contributed by atoms with Crippen molar-refractivity contribution in [3.8, 4) is 0 Å². The molecule has 1 amide bonds. The van der Waals surface area contributed by atoms with Crippen LogP contribution in [-0.4, -0.2) is 49.1 Å². The Balaban J connectivity index is 0.00000243. The van der Waals surface area contributed by atoms with Crippen molar-refractivity contribution >= 4 is 29.7 Å². The van der Waals surface area contributed by atoms with Gasteiger partial charge in [-0.05, 0) is 50.3 Å². The fourth-order valence-corrected chi connectivity index (χ4v) is 3.54. The number of halogens is 1. The highest BCUT2D eigenvalue weighted by Gasteiger charge is 2.28. The smallest absolute Gasteiger partial charge is 0.244 e. The molecular weight excluding hydrogens is 348 g/mol. The van der Waals surface area contributed by atoms with Crippen molar-refractivity contribution in [3.05, 3.63) is 24.3 Å². The van der Waals surface area contributed by atoms with Gasteiger partial charge in [0.1, 0.15) is 0 Å². The van der Waals surface area contributed by atoms with Gasteiger partial charge in [0, 0.05) is 44.1 Å². The molecule has 1 unspecified atom stereocenters. The summed E-state index contributed by atoms with van der Waals surface area (Å²) in [6.07, 6.45) is 4.41. The Kier molecular flexibility index (Phi) is 7.33. The number of piperazine rings is 1. The summed E-state index contributed by atoms with van der Waals surface area (Å²) in [6, 6.07) is 8.14. The first-order valence-electron chi connectivity index (χ1n) is 9.65. The second kappa shape index (κ2) is 9.07. The first-order valence-corrected chi connectivity index (χ1v) is 9.65. The third-order valence-corrected chi connectivity index (χ3v) is 5.34. The summed E-state index contributed by atoms with van der Waals surface area (Å²) in [4.78, 5) is 17.4. The molecule has 3 rings (SSSR count). The molecule has 0 aromatic heterocycles. The summed E-state index contributed by atoms with van der Waals surface area (Å²) < 4.78 is 0. The maximum Gasteiger partial charge on any atom is 0.244 e. The zero-order valence-electron chi connectivity index (χ0n) is 16.0. The second-order valence-electron chi connectivity index (χ2n) is 7.90. The van der Waals surface area contributed by atoms with Crippen LogP contribution in [0.15, 0.2) is 24.3 Å². The Hall–Kier alpha value is -1.30. The van der Waals surface area contributed by atoms with Crippen LogP contribution in [0, 0.1) is 5.92 Å². The summed E-state index contributed by atoms with van der Waals surface area (Å²) in [7, 11) is 0. The van der Waals surface area contributed by atoms with Crippen LogP contribution in [0.1, 0.15) is 39.5 Å². The topological polar surface area (TPSA) is 61.6 Å². The van der Waals surface area contributed by atoms with E-state index < -0.39 is 5.54 Å². The Morgan fingerprint density at radius 1 is 1.27 bits per heavy atom. The molecule has 1 aliphatic heterocycles. The molecule has 1 aromatic carbocycles. The van der Waals surface area contributed by atoms with E-state index in [-0.39, 0.29) is 18.3 Å². The largest absolute Gasteiger partial charge is 0.369 e. The average molecular weight is 381 g/mol. The zero-order chi connectivity index (χ0) is 17.9. The fraction of sp³-hybridized carbons (Fsp3) is 0.650. The number of hydrogen-bond donors (Lipinski definition) is 2. The molecule has 1 heterocycles. The first-order chi connectivity index (χ1) is 12.0. The monoisotopic (exact) mass is 380 g/mol. The standard InChI is InChI=1S/C20H32N4O.ClH/c1-3-9-20(2,21)19(25)22-17-5-4-6-18(14-17)24-12-10-23(11-13-24)15-16-7-8-16;/h4-6,14,16H,3,7-13,15,21H2,1-2H3,(H,22,25);1H. The molecule has 1 atom stereocenters. The van der Waals surface area contributed by atoms with E-state index in [9.17, 15) is 4.79 Å². The van der Waals surface area contributed by atoms with E-state index in [1.807, 2.05) is 19.1 Å². The van der Waals surface area contributed by atoms with Gasteiger partial charge in [0.2, 0.25) is 5.91 Å². The van der Waals surface area contributed by atoms with E-state index in [0.717, 1.165) is 44.2 Å². The van der Waals surface area contributed by atoms with Gasteiger partial charge in [-0.2, -0.15) is 0 Å². The summed E-state index contributed by atoms with van der Waals surface area (Å²) in [5.74, 6) is 0.847. The quantitative estimate of drug-likeness (QED) is 0.763. The highest BCUT2D eigenvalue weighted by atomic mass is 35.5. The molecule has 1 saturated carbocycles. The number of amides is 1. The van der Waals surface area contributed by atoms with Gasteiger partial charge in [0.05, 0.1) is 5.54 Å². The average Bonchev–Trinajstić information content (AvgIpc) is 3.40. The van der Waals surface area contributed by atoms with Crippen LogP contribution in [0.4, 0.5) is 11.4 Å². The predicted molar refractivity (Wildman–Crippen MR) is 111 cm³/mol. The molecule has 2 fully saturated rings. The van der Waals surface area contributed by atoms with Gasteiger partial charge in [0.15, 0.2) is 0 Å². The van der Waals surface area contributed by atoms with E-state index in [0.29, 0.717) is 6.42 Å². The number of anilines is 2. The van der Waals surface area contributed by atoms with Gasteiger partial charge in [-0.1, -0.05) is 19.4 Å². The normalized spacial score (nSPS) is 20.2. The van der Waals surface area contributed by atoms with Gasteiger partial charge in [-0.15, -0.1) is 12.4 Å². The number of benzene rings is 1. The maximum atomic E-state index is 12.4. The Bertz CT molecular complexity index is 595. The van der Waals surface area contributed by atoms with Crippen LogP contribution in [-0.2, 0) is 4.79 Å². The molecule has 2 aliphatic rings. The minimum atomic E-state index is -0.820. The molecule has 1 aromatic rings. The number of nitrogens with zero attached hydrogens (tertiary/aromatic N) is 2. The molecule has 1 saturated heterocycles. The van der Waals surface area contributed by atoms with E-state index in [2.05, 4.69) is 27.2 Å². The number of hydrogen-bond acceptors (Lipinski definition) is 4. The molecular formula is C20H33ClN4O. The van der Waals surface area contributed by atoms with Crippen LogP contribution < -0.4 is 16.0 Å². The molecule has 26 heavy (non-hydrogen) atoms. The fourth-order valence-electron chi connectivity index (χ4n) is 3.54. The third-order valence-electron chi connectivity index (χ3n) is 5.34. The molecule has 3 N–H and O–H groups in total. The second-order valence-corrected chi connectivity index (χ2v) is 7.90. The highest BCUT2D eigenvalue weighted by Crippen LogP contribution is 2.30. The lowest BCUT2D eigenvalue weighted by molar-refractivity contribution is -0.120. The van der Waals surface area contributed by atoms with Gasteiger partial charge in [-0.25, -0.2) is 0 Å². The number of rotatable bonds is 7. The lowest BCUT2D eigenvalue weighted by Gasteiger charge is -2.36. The third kappa shape index (κ3) is 5.60. The lowest BCUT2D eigenvalue weighted by atomic mass is 9.96. The Labute approximate surface area is 163 Å². The zero-order valence-corrected chi connectivity index (χ0v) is 16.9. The molecule has 146 valence electrons. The first kappa shape index (κ1) is 21.0. The van der Waals surface area contributed by atoms with Crippen molar-refractivity contribution in [2.24, 2.45) is 11.7 Å². The van der Waals surface area contributed by atoms with Crippen LogP contribution in [0.3, 0.4) is 0 Å². The van der Waals surface area contributed by atoms with Crippen LogP contribution in [0.2, 0.25) is 0 Å².